The number of piperidine rings is 2. The van der Waals surface area contributed by atoms with Crippen molar-refractivity contribution in [3.8, 4) is 0 Å². The molecule has 2 atom stereocenters. The van der Waals surface area contributed by atoms with Crippen LogP contribution in [0.4, 0.5) is 0 Å². The monoisotopic (exact) mass is 529 g/mol. The van der Waals surface area contributed by atoms with Gasteiger partial charge in [-0.2, -0.15) is 0 Å². The van der Waals surface area contributed by atoms with Crippen LogP contribution in [0.2, 0.25) is 10.0 Å². The summed E-state index contributed by atoms with van der Waals surface area (Å²) in [6, 6.07) is 13.1. The van der Waals surface area contributed by atoms with Crippen LogP contribution < -0.4 is 0 Å². The minimum absolute atomic E-state index is 0.0403. The van der Waals surface area contributed by atoms with Gasteiger partial charge < -0.3 is 14.7 Å². The minimum atomic E-state index is -0.103. The summed E-state index contributed by atoms with van der Waals surface area (Å²) in [7, 11) is 1.84. The minimum Gasteiger partial charge on any atom is -0.343 e. The van der Waals surface area contributed by atoms with E-state index in [1.165, 1.54) is 0 Å². The third-order valence-electron chi connectivity index (χ3n) is 7.67. The van der Waals surface area contributed by atoms with E-state index in [0.29, 0.717) is 61.1 Å². The molecule has 36 heavy (non-hydrogen) atoms. The number of aryl methyl sites for hydroxylation is 1. The van der Waals surface area contributed by atoms with Crippen molar-refractivity contribution in [2.75, 3.05) is 33.2 Å². The predicted molar refractivity (Wildman–Crippen MR) is 142 cm³/mol. The fraction of sp³-hybridized carbons (Fsp3) is 0.464. The van der Waals surface area contributed by atoms with Crippen molar-refractivity contribution in [2.24, 2.45) is 5.92 Å². The van der Waals surface area contributed by atoms with Crippen molar-refractivity contribution in [3.63, 3.8) is 0 Å². The van der Waals surface area contributed by atoms with Crippen LogP contribution in [-0.4, -0.2) is 71.7 Å². The van der Waals surface area contributed by atoms with Crippen LogP contribution in [0.1, 0.15) is 53.6 Å². The highest BCUT2D eigenvalue weighted by molar-refractivity contribution is 6.42. The Bertz CT molecular complexity index is 1130. The SMILES string of the molecule is CC(=O)N1CCC(C(=O)N2CCC(N(C)C(=O)c3ccc(C)cc3)C(c3ccc(Cl)c(Cl)c3)C2)CC1. The van der Waals surface area contributed by atoms with E-state index >= 15 is 0 Å². The normalized spacial score (nSPS) is 20.8. The van der Waals surface area contributed by atoms with Gasteiger partial charge in [-0.25, -0.2) is 0 Å². The third kappa shape index (κ3) is 5.70. The zero-order valence-electron chi connectivity index (χ0n) is 21.0. The van der Waals surface area contributed by atoms with Gasteiger partial charge in [0.2, 0.25) is 11.8 Å². The molecule has 0 bridgehead atoms. The number of carbonyl (C=O) groups is 3. The summed E-state index contributed by atoms with van der Waals surface area (Å²) in [6.45, 7) is 5.89. The van der Waals surface area contributed by atoms with Gasteiger partial charge in [-0.1, -0.05) is 47.0 Å². The molecule has 0 spiro atoms. The highest BCUT2D eigenvalue weighted by atomic mass is 35.5. The molecule has 192 valence electrons. The number of hydrogen-bond donors (Lipinski definition) is 0. The first-order chi connectivity index (χ1) is 17.2. The van der Waals surface area contributed by atoms with Gasteiger partial charge in [0, 0.05) is 63.6 Å². The molecule has 3 amide bonds. The molecule has 6 nitrogen and oxygen atoms in total. The lowest BCUT2D eigenvalue weighted by Crippen LogP contribution is -2.53. The fourth-order valence-electron chi connectivity index (χ4n) is 5.42. The molecule has 2 aliphatic rings. The smallest absolute Gasteiger partial charge is 0.253 e. The maximum atomic E-state index is 13.5. The van der Waals surface area contributed by atoms with Crippen LogP contribution in [0.25, 0.3) is 0 Å². The van der Waals surface area contributed by atoms with Crippen LogP contribution in [0.15, 0.2) is 42.5 Å². The molecule has 2 aromatic rings. The van der Waals surface area contributed by atoms with Gasteiger partial charge in [0.1, 0.15) is 0 Å². The van der Waals surface area contributed by atoms with Crippen LogP contribution in [0.3, 0.4) is 0 Å². The number of amides is 3. The molecule has 0 saturated carbocycles. The Morgan fingerprint density at radius 2 is 1.53 bits per heavy atom. The summed E-state index contributed by atoms with van der Waals surface area (Å²) in [5.74, 6) is -0.0361. The second-order valence-corrected chi connectivity index (χ2v) is 10.8. The van der Waals surface area contributed by atoms with Crippen molar-refractivity contribution in [3.05, 3.63) is 69.2 Å². The lowest BCUT2D eigenvalue weighted by atomic mass is 9.83. The summed E-state index contributed by atoms with van der Waals surface area (Å²) in [6.07, 6.45) is 2.03. The number of benzene rings is 2. The van der Waals surface area contributed by atoms with Crippen molar-refractivity contribution in [2.45, 2.75) is 45.1 Å². The summed E-state index contributed by atoms with van der Waals surface area (Å²) in [4.78, 5) is 44.1. The molecule has 2 fully saturated rings. The van der Waals surface area contributed by atoms with E-state index in [-0.39, 0.29) is 35.6 Å². The number of carbonyl (C=O) groups excluding carboxylic acids is 3. The molecule has 0 N–H and O–H groups in total. The molecule has 2 aromatic carbocycles. The van der Waals surface area contributed by atoms with Gasteiger partial charge in [0.25, 0.3) is 5.91 Å². The summed E-state index contributed by atoms with van der Waals surface area (Å²) >= 11 is 12.6. The van der Waals surface area contributed by atoms with Gasteiger partial charge >= 0.3 is 0 Å². The summed E-state index contributed by atoms with van der Waals surface area (Å²) < 4.78 is 0. The number of hydrogen-bond acceptors (Lipinski definition) is 3. The fourth-order valence-corrected chi connectivity index (χ4v) is 5.73. The Kier molecular flexibility index (Phi) is 8.26. The number of likely N-dealkylation sites (tertiary alicyclic amines) is 2. The molecule has 2 unspecified atom stereocenters. The Morgan fingerprint density at radius 3 is 2.14 bits per heavy atom. The quantitative estimate of drug-likeness (QED) is 0.558. The van der Waals surface area contributed by atoms with E-state index < -0.39 is 0 Å². The van der Waals surface area contributed by atoms with E-state index in [4.69, 9.17) is 23.2 Å². The van der Waals surface area contributed by atoms with E-state index in [0.717, 1.165) is 11.1 Å². The first-order valence-electron chi connectivity index (χ1n) is 12.5. The van der Waals surface area contributed by atoms with Gasteiger partial charge in [-0.15, -0.1) is 0 Å². The van der Waals surface area contributed by atoms with Crippen LogP contribution in [0.5, 0.6) is 0 Å². The Balaban J connectivity index is 1.55. The van der Waals surface area contributed by atoms with E-state index in [1.807, 2.05) is 60.2 Å². The van der Waals surface area contributed by atoms with Gasteiger partial charge in [-0.3, -0.25) is 14.4 Å². The van der Waals surface area contributed by atoms with Crippen LogP contribution in [-0.2, 0) is 9.59 Å². The molecule has 2 heterocycles. The van der Waals surface area contributed by atoms with Crippen molar-refractivity contribution >= 4 is 40.9 Å². The van der Waals surface area contributed by atoms with Crippen LogP contribution >= 0.6 is 23.2 Å². The van der Waals surface area contributed by atoms with Crippen molar-refractivity contribution in [1.82, 2.24) is 14.7 Å². The standard InChI is InChI=1S/C28H33Cl2N3O3/c1-18-4-6-20(7-5-18)27(35)31(3)26-12-15-33(17-23(26)22-8-9-24(29)25(30)16-22)28(36)21-10-13-32(14-11-21)19(2)34/h4-9,16,21,23,26H,10-15,17H2,1-3H3. The molecular formula is C28H33Cl2N3O3. The zero-order chi connectivity index (χ0) is 26.0. The van der Waals surface area contributed by atoms with E-state index in [9.17, 15) is 14.4 Å². The Labute approximate surface area is 223 Å². The van der Waals surface area contributed by atoms with Gasteiger partial charge in [0.15, 0.2) is 0 Å². The average Bonchev–Trinajstić information content (AvgIpc) is 2.89. The number of halogens is 2. The van der Waals surface area contributed by atoms with Gasteiger partial charge in [0.05, 0.1) is 10.0 Å². The molecular weight excluding hydrogens is 497 g/mol. The molecule has 2 aliphatic heterocycles. The van der Waals surface area contributed by atoms with E-state index in [1.54, 1.807) is 17.9 Å². The first-order valence-corrected chi connectivity index (χ1v) is 13.2. The molecule has 8 heteroatoms. The molecule has 4 rings (SSSR count). The predicted octanol–water partition coefficient (Wildman–Crippen LogP) is 5.02. The molecule has 0 aliphatic carbocycles. The number of nitrogens with zero attached hydrogens (tertiary/aromatic N) is 3. The first kappa shape index (κ1) is 26.5. The second kappa shape index (κ2) is 11.2. The topological polar surface area (TPSA) is 60.9 Å². The second-order valence-electron chi connectivity index (χ2n) is 9.98. The zero-order valence-corrected chi connectivity index (χ0v) is 22.6. The largest absolute Gasteiger partial charge is 0.343 e. The summed E-state index contributed by atoms with van der Waals surface area (Å²) in [5.41, 5.74) is 2.71. The number of rotatable bonds is 4. The molecule has 0 aromatic heterocycles. The maximum Gasteiger partial charge on any atom is 0.253 e. The maximum absolute atomic E-state index is 13.5. The van der Waals surface area contributed by atoms with E-state index in [2.05, 4.69) is 0 Å². The van der Waals surface area contributed by atoms with Crippen molar-refractivity contribution < 1.29 is 14.4 Å². The third-order valence-corrected chi connectivity index (χ3v) is 8.40. The Morgan fingerprint density at radius 1 is 0.889 bits per heavy atom. The lowest BCUT2D eigenvalue weighted by molar-refractivity contribution is -0.141. The van der Waals surface area contributed by atoms with Gasteiger partial charge in [-0.05, 0) is 56.0 Å². The van der Waals surface area contributed by atoms with Crippen LogP contribution in [0, 0.1) is 12.8 Å². The lowest BCUT2D eigenvalue weighted by Gasteiger charge is -2.44. The average molecular weight is 530 g/mol. The molecule has 2 saturated heterocycles. The Hall–Kier alpha value is -2.57. The highest BCUT2D eigenvalue weighted by Gasteiger charge is 2.39. The van der Waals surface area contributed by atoms with Crippen molar-refractivity contribution in [1.29, 1.82) is 0 Å². The number of likely N-dealkylation sites (N-methyl/N-ethyl adjacent to an activating group) is 1. The molecule has 0 radical (unpaired) electrons. The summed E-state index contributed by atoms with van der Waals surface area (Å²) in [5, 5.41) is 0.933. The highest BCUT2D eigenvalue weighted by Crippen LogP contribution is 2.35.